The molecular formula is C134H138B4N2O4. The van der Waals surface area contributed by atoms with E-state index in [1.165, 1.54) is 329 Å². The van der Waals surface area contributed by atoms with Crippen molar-refractivity contribution < 1.29 is 18.9 Å². The average Bonchev–Trinajstić information content (AvgIpc) is 0.728. The maximum absolute atomic E-state index is 6.47. The smallest absolute Gasteiger partial charge is 0.346 e. The predicted octanol–water partition coefficient (Wildman–Crippen LogP) is 34.2. The van der Waals surface area contributed by atoms with Gasteiger partial charge in [-0.05, 0) is 313 Å². The van der Waals surface area contributed by atoms with E-state index in [0.717, 1.165) is 154 Å². The molecule has 10 heteroatoms. The predicted molar refractivity (Wildman–Crippen MR) is 609 cm³/mol. The Bertz CT molecular complexity index is 7720. The van der Waals surface area contributed by atoms with Crippen molar-refractivity contribution in [2.75, 3.05) is 26.2 Å². The Balaban J connectivity index is 0.0000000918. The molecule has 2 saturated heterocycles. The van der Waals surface area contributed by atoms with Gasteiger partial charge in [-0.25, -0.2) is 0 Å². The summed E-state index contributed by atoms with van der Waals surface area (Å²) in [4.78, 5) is 5.41. The molecule has 14 unspecified atom stereocenters. The second-order valence-corrected chi connectivity index (χ2v) is 49.9. The van der Waals surface area contributed by atoms with Crippen molar-refractivity contribution in [3.05, 3.63) is 267 Å². The molecule has 0 N–H and O–H groups in total. The monoisotopic (exact) mass is 1880 g/mol. The average molecular weight is 1880 g/mol. The van der Waals surface area contributed by atoms with Crippen molar-refractivity contribution in [2.24, 2.45) is 70.0 Å². The summed E-state index contributed by atoms with van der Waals surface area (Å²) in [6, 6.07) is 100.0. The quantitative estimate of drug-likeness (QED) is 0.0897. The number of benzene rings is 16. The number of nitrogens with zero attached hydrogens (tertiary/aromatic N) is 2. The third-order valence-electron chi connectivity index (χ3n) is 42.4. The summed E-state index contributed by atoms with van der Waals surface area (Å²) in [5, 5.41) is 21.4. The summed E-state index contributed by atoms with van der Waals surface area (Å²) in [5.41, 5.74) is 17.4. The highest BCUT2D eigenvalue weighted by molar-refractivity contribution is 6.77. The molecule has 18 aliphatic rings. The van der Waals surface area contributed by atoms with Gasteiger partial charge in [-0.3, -0.25) is 0 Å². The van der Waals surface area contributed by atoms with Crippen molar-refractivity contribution in [3.63, 3.8) is 0 Å². The molecule has 12 aliphatic carbocycles. The molecule has 0 amide bonds. The molecule has 144 heavy (non-hydrogen) atoms. The lowest BCUT2D eigenvalue weighted by Gasteiger charge is -2.66. The summed E-state index contributed by atoms with van der Waals surface area (Å²) in [6.45, 7) is 23.0. The SMILES string of the molecule is CC1C(B(c2ccc3cc4c5c(cccc5c3c2)Oc2ccccc2-4)C2CC3CC(C2C)C3(C)C)CC2CC1C2(C)C.c1ccc2c(c1)Oc1cccc3c1c-2cc1ccc(B(C2CC4CCC2C4)C2CC4CCC2C4)cc13.c1ccc2c(c1)Oc1cccc3c1c-2cc1ccc(B(C2CCCCC2)C2CCCCC2)cc13.c1ccc2c(c1)Oc1cccc3c1c-2cc1ccc(B(N2CCCC2)N2CCCC2)cc13. The zero-order chi connectivity index (χ0) is 95.6. The lowest BCUT2D eigenvalue weighted by molar-refractivity contribution is -0.107. The summed E-state index contributed by atoms with van der Waals surface area (Å²) < 4.78 is 25.6. The van der Waals surface area contributed by atoms with E-state index in [2.05, 4.69) is 312 Å². The Kier molecular flexibility index (Phi) is 22.0. The third-order valence-corrected chi connectivity index (χ3v) is 42.4. The molecule has 6 nitrogen and oxygen atoms in total. The number of hydrogen-bond acceptors (Lipinski definition) is 6. The van der Waals surface area contributed by atoms with Gasteiger partial charge in [-0.2, -0.15) is 0 Å². The molecule has 8 bridgehead atoms. The third kappa shape index (κ3) is 14.6. The van der Waals surface area contributed by atoms with Crippen LogP contribution in [0.25, 0.3) is 131 Å². The van der Waals surface area contributed by atoms with Gasteiger partial charge in [0.15, 0.2) is 20.1 Å². The molecule has 16 aromatic carbocycles. The van der Waals surface area contributed by atoms with E-state index >= 15 is 0 Å². The molecule has 34 rings (SSSR count). The molecule has 16 aromatic rings. The van der Waals surface area contributed by atoms with Crippen LogP contribution in [-0.2, 0) is 0 Å². The van der Waals surface area contributed by atoms with Crippen LogP contribution in [0.5, 0.6) is 46.0 Å². The van der Waals surface area contributed by atoms with Crippen LogP contribution in [0, 0.1) is 70.0 Å². The summed E-state index contributed by atoms with van der Waals surface area (Å²) in [6.07, 6.45) is 37.3. The lowest BCUT2D eigenvalue weighted by atomic mass is 9.19. The van der Waals surface area contributed by atoms with Gasteiger partial charge in [0.05, 0.1) is 0 Å². The first-order valence-corrected chi connectivity index (χ1v) is 57.2. The first-order valence-electron chi connectivity index (χ1n) is 57.2. The van der Waals surface area contributed by atoms with Gasteiger partial charge in [0.2, 0.25) is 0 Å². The van der Waals surface area contributed by atoms with Crippen molar-refractivity contribution in [1.82, 2.24) is 9.62 Å². The topological polar surface area (TPSA) is 43.4 Å². The van der Waals surface area contributed by atoms with Crippen LogP contribution in [0.15, 0.2) is 267 Å². The van der Waals surface area contributed by atoms with Gasteiger partial charge in [-0.15, -0.1) is 0 Å². The van der Waals surface area contributed by atoms with Gasteiger partial charge >= 0.3 is 6.98 Å². The Morgan fingerprint density at radius 1 is 0.250 bits per heavy atom. The van der Waals surface area contributed by atoms with Crippen molar-refractivity contribution in [3.8, 4) is 90.5 Å². The Hall–Kier alpha value is -11.0. The van der Waals surface area contributed by atoms with Crippen LogP contribution in [0.1, 0.15) is 208 Å². The van der Waals surface area contributed by atoms with Gasteiger partial charge in [0.1, 0.15) is 46.0 Å². The van der Waals surface area contributed by atoms with Crippen LogP contribution in [0.2, 0.25) is 34.9 Å². The number of hydrogen-bond donors (Lipinski definition) is 0. The highest BCUT2D eigenvalue weighted by Gasteiger charge is 2.63. The van der Waals surface area contributed by atoms with Gasteiger partial charge in [0.25, 0.3) is 0 Å². The minimum atomic E-state index is 0.409. The highest BCUT2D eigenvalue weighted by atomic mass is 16.5. The number of ether oxygens (including phenoxy) is 4. The standard InChI is InChI=1S/C40H45BO.C34H33BO.C32H33BO.C28H27BN2O/c1-22-32-17-25(39(32,3)4)19-34(22)41(35-20-26-18-33(23(35)2)40(26,5)6)27-15-14-24-16-31-28-10-7-8-12-36(28)42-37-13-9-11-29(38(31)37)30(24)21-27;1-2-6-32-26(4-1)29-18-22-12-13-25(19-28(22)27-5-3-7-33(36-32)34(27)29)35(30-16-20-8-10-23(30)14-20)31-17-21-9-11-24(31)15-21;1-3-10-23(11-4-1)33(24-12-5-2-6-13-24)25-19-18-22-20-29-26-14-7-8-16-30(26)34-31-17-9-15-27(32(29)31)28(22)21-25;1-2-10-26-22(8-1)25-18-20-12-13-21(19-24(20)23-9-7-11-27(32-26)28(23)25)29(30-14-3-4-15-30)31-16-5-6-17-31/h7-16,21-23,25-26,32-35H,17-20H2,1-6H3;1-7,12-13,18-21,23-24,30-31H,8-11,14-17H2;7-9,14-21,23-24H,1-6,10-13H2;1-2,7-13,18-19H,3-6,14-17H2. The normalized spacial score (nSPS) is 26.3. The van der Waals surface area contributed by atoms with Crippen LogP contribution in [0.3, 0.4) is 0 Å². The fraction of sp³-hybridized carbons (Fsp3) is 0.403. The van der Waals surface area contributed by atoms with Gasteiger partial charge in [-0.1, -0.05) is 403 Å². The minimum absolute atomic E-state index is 0.409. The van der Waals surface area contributed by atoms with E-state index in [-0.39, 0.29) is 0 Å². The molecule has 720 valence electrons. The van der Waals surface area contributed by atoms with Crippen molar-refractivity contribution in [2.45, 2.75) is 243 Å². The van der Waals surface area contributed by atoms with Crippen LogP contribution in [0.4, 0.5) is 0 Å². The zero-order valence-corrected chi connectivity index (χ0v) is 85.7. The van der Waals surface area contributed by atoms with Crippen LogP contribution < -0.4 is 40.8 Å². The first-order chi connectivity index (χ1) is 70.7. The molecule has 6 aliphatic heterocycles. The summed E-state index contributed by atoms with van der Waals surface area (Å²) in [5.74, 6) is 22.1. The van der Waals surface area contributed by atoms with E-state index in [4.69, 9.17) is 18.9 Å². The number of rotatable bonds is 12. The second kappa shape index (κ2) is 35.4. The fourth-order valence-corrected chi connectivity index (χ4v) is 35.3. The van der Waals surface area contributed by atoms with Crippen molar-refractivity contribution in [1.29, 1.82) is 0 Å². The Morgan fingerprint density at radius 2 is 0.556 bits per heavy atom. The lowest BCUT2D eigenvalue weighted by Crippen LogP contribution is -2.61. The molecule has 6 heterocycles. The van der Waals surface area contributed by atoms with Gasteiger partial charge in [0, 0.05) is 43.8 Å². The Morgan fingerprint density at radius 3 is 0.868 bits per heavy atom. The summed E-state index contributed by atoms with van der Waals surface area (Å²) in [7, 11) is 0. The molecule has 0 spiro atoms. The fourth-order valence-electron chi connectivity index (χ4n) is 35.3. The molecular weight excluding hydrogens is 1740 g/mol. The second-order valence-electron chi connectivity index (χ2n) is 49.9. The maximum Gasteiger partial charge on any atom is 0.346 e. The van der Waals surface area contributed by atoms with E-state index in [0.29, 0.717) is 24.5 Å². The van der Waals surface area contributed by atoms with E-state index < -0.39 is 0 Å². The molecule has 0 radical (unpaired) electrons. The van der Waals surface area contributed by atoms with Gasteiger partial charge < -0.3 is 28.6 Å². The number of para-hydroxylation sites is 4. The molecule has 14 atom stereocenters. The van der Waals surface area contributed by atoms with Crippen molar-refractivity contribution >= 4 is 135 Å². The van der Waals surface area contributed by atoms with E-state index in [1.54, 1.807) is 16.4 Å². The van der Waals surface area contributed by atoms with E-state index in [9.17, 15) is 0 Å². The summed E-state index contributed by atoms with van der Waals surface area (Å²) >= 11 is 0. The van der Waals surface area contributed by atoms with E-state index in [1.807, 2.05) is 6.07 Å². The molecule has 14 fully saturated rings. The minimum Gasteiger partial charge on any atom is -0.456 e. The maximum atomic E-state index is 6.47. The highest BCUT2D eigenvalue weighted by Crippen LogP contribution is 2.71. The molecule has 12 saturated carbocycles. The molecule has 0 aromatic heterocycles. The zero-order valence-electron chi connectivity index (χ0n) is 85.7. The number of fused-ring (bicyclic) bond motifs is 24. The van der Waals surface area contributed by atoms with Crippen LogP contribution in [-0.4, -0.2) is 62.9 Å². The van der Waals surface area contributed by atoms with Crippen LogP contribution >= 0.6 is 0 Å². The first kappa shape index (κ1) is 89.4. The Labute approximate surface area is 854 Å². The largest absolute Gasteiger partial charge is 0.456 e.